The standard InChI is InChI=1S/C16H29N/c1-7-14(10-8-9-11-17)15(13(2)3)12-16(4,5)6/h7-10,13,15H,1,11-12,17H2,2-6H3/b9-8+,14-10+. The lowest BCUT2D eigenvalue weighted by molar-refractivity contribution is 0.276. The summed E-state index contributed by atoms with van der Waals surface area (Å²) in [6.07, 6.45) is 9.32. The van der Waals surface area contributed by atoms with E-state index in [9.17, 15) is 0 Å². The Hall–Kier alpha value is -0.820. The van der Waals surface area contributed by atoms with Gasteiger partial charge in [-0.25, -0.2) is 0 Å². The Balaban J connectivity index is 4.94. The minimum Gasteiger partial charge on any atom is -0.327 e. The van der Waals surface area contributed by atoms with Crippen LogP contribution >= 0.6 is 0 Å². The second kappa shape index (κ2) is 7.50. The number of hydrogen-bond donors (Lipinski definition) is 1. The monoisotopic (exact) mass is 235 g/mol. The number of rotatable bonds is 6. The minimum absolute atomic E-state index is 0.342. The molecule has 0 bridgehead atoms. The lowest BCUT2D eigenvalue weighted by atomic mass is 9.76. The highest BCUT2D eigenvalue weighted by atomic mass is 14.5. The molecule has 98 valence electrons. The predicted molar refractivity (Wildman–Crippen MR) is 78.9 cm³/mol. The molecule has 2 N–H and O–H groups in total. The van der Waals surface area contributed by atoms with Crippen LogP contribution in [-0.2, 0) is 0 Å². The zero-order valence-electron chi connectivity index (χ0n) is 12.2. The van der Waals surface area contributed by atoms with Crippen LogP contribution in [0.5, 0.6) is 0 Å². The van der Waals surface area contributed by atoms with E-state index in [1.54, 1.807) is 0 Å². The molecule has 0 heterocycles. The Morgan fingerprint density at radius 3 is 2.24 bits per heavy atom. The highest BCUT2D eigenvalue weighted by Gasteiger charge is 2.23. The maximum atomic E-state index is 5.45. The fourth-order valence-electron chi connectivity index (χ4n) is 2.00. The third kappa shape index (κ3) is 7.17. The van der Waals surface area contributed by atoms with Crippen molar-refractivity contribution in [3.63, 3.8) is 0 Å². The van der Waals surface area contributed by atoms with E-state index in [-0.39, 0.29) is 0 Å². The summed E-state index contributed by atoms with van der Waals surface area (Å²) in [5.41, 5.74) is 7.11. The van der Waals surface area contributed by atoms with Crippen LogP contribution in [0.15, 0.2) is 36.5 Å². The summed E-state index contributed by atoms with van der Waals surface area (Å²) >= 11 is 0. The highest BCUT2D eigenvalue weighted by molar-refractivity contribution is 5.25. The second-order valence-electron chi connectivity index (χ2n) is 6.15. The Bertz CT molecular complexity index is 276. The first kappa shape index (κ1) is 16.2. The number of nitrogens with two attached hydrogens (primary N) is 1. The molecule has 0 spiro atoms. The third-order valence-corrected chi connectivity index (χ3v) is 2.86. The van der Waals surface area contributed by atoms with Crippen molar-refractivity contribution < 1.29 is 0 Å². The molecule has 0 fully saturated rings. The molecule has 1 unspecified atom stereocenters. The van der Waals surface area contributed by atoms with Crippen molar-refractivity contribution in [2.75, 3.05) is 6.54 Å². The van der Waals surface area contributed by atoms with Gasteiger partial charge in [0, 0.05) is 6.54 Å². The van der Waals surface area contributed by atoms with E-state index >= 15 is 0 Å². The van der Waals surface area contributed by atoms with Gasteiger partial charge in [-0.15, -0.1) is 0 Å². The molecule has 0 rings (SSSR count). The van der Waals surface area contributed by atoms with E-state index in [0.717, 1.165) is 0 Å². The molecular formula is C16H29N. The maximum absolute atomic E-state index is 5.45. The van der Waals surface area contributed by atoms with E-state index in [4.69, 9.17) is 5.73 Å². The van der Waals surface area contributed by atoms with Crippen LogP contribution in [-0.4, -0.2) is 6.54 Å². The fraction of sp³-hybridized carbons (Fsp3) is 0.625. The first-order chi connectivity index (χ1) is 7.81. The van der Waals surface area contributed by atoms with Crippen molar-refractivity contribution in [2.24, 2.45) is 23.0 Å². The van der Waals surface area contributed by atoms with E-state index in [2.05, 4.69) is 47.3 Å². The Kier molecular flexibility index (Phi) is 7.13. The SMILES string of the molecule is C=C/C(=C\C=C\CN)C(CC(C)(C)C)C(C)C. The number of hydrogen-bond acceptors (Lipinski definition) is 1. The lowest BCUT2D eigenvalue weighted by Crippen LogP contribution is -2.19. The zero-order chi connectivity index (χ0) is 13.5. The summed E-state index contributed by atoms with van der Waals surface area (Å²) in [4.78, 5) is 0. The summed E-state index contributed by atoms with van der Waals surface area (Å²) in [6, 6.07) is 0. The molecule has 0 aliphatic heterocycles. The van der Waals surface area contributed by atoms with Crippen molar-refractivity contribution in [2.45, 2.75) is 41.0 Å². The van der Waals surface area contributed by atoms with Gasteiger partial charge in [0.2, 0.25) is 0 Å². The molecule has 1 nitrogen and oxygen atoms in total. The van der Waals surface area contributed by atoms with Crippen molar-refractivity contribution in [1.29, 1.82) is 0 Å². The van der Waals surface area contributed by atoms with Gasteiger partial charge in [0.15, 0.2) is 0 Å². The first-order valence-corrected chi connectivity index (χ1v) is 6.51. The molecular weight excluding hydrogens is 206 g/mol. The van der Waals surface area contributed by atoms with Crippen molar-refractivity contribution in [1.82, 2.24) is 0 Å². The van der Waals surface area contributed by atoms with Crippen LogP contribution < -0.4 is 5.73 Å². The van der Waals surface area contributed by atoms with E-state index < -0.39 is 0 Å². The summed E-state index contributed by atoms with van der Waals surface area (Å²) in [6.45, 7) is 16.0. The van der Waals surface area contributed by atoms with Crippen molar-refractivity contribution >= 4 is 0 Å². The molecule has 0 aromatic rings. The van der Waals surface area contributed by atoms with Crippen molar-refractivity contribution in [3.05, 3.63) is 36.5 Å². The zero-order valence-corrected chi connectivity index (χ0v) is 12.2. The van der Waals surface area contributed by atoms with Crippen LogP contribution in [0.1, 0.15) is 41.0 Å². The minimum atomic E-state index is 0.342. The molecule has 0 radical (unpaired) electrons. The molecule has 17 heavy (non-hydrogen) atoms. The molecule has 1 atom stereocenters. The Morgan fingerprint density at radius 1 is 1.29 bits per heavy atom. The summed E-state index contributed by atoms with van der Waals surface area (Å²) < 4.78 is 0. The maximum Gasteiger partial charge on any atom is 0.0109 e. The lowest BCUT2D eigenvalue weighted by Gasteiger charge is -2.29. The number of allylic oxidation sites excluding steroid dienone is 4. The Morgan fingerprint density at radius 2 is 1.88 bits per heavy atom. The molecule has 0 saturated carbocycles. The molecule has 1 heteroatoms. The van der Waals surface area contributed by atoms with Gasteiger partial charge in [0.05, 0.1) is 0 Å². The fourth-order valence-corrected chi connectivity index (χ4v) is 2.00. The van der Waals surface area contributed by atoms with Gasteiger partial charge >= 0.3 is 0 Å². The molecule has 0 aromatic heterocycles. The van der Waals surface area contributed by atoms with E-state index in [1.165, 1.54) is 12.0 Å². The van der Waals surface area contributed by atoms with Crippen LogP contribution in [0.25, 0.3) is 0 Å². The topological polar surface area (TPSA) is 26.0 Å². The largest absolute Gasteiger partial charge is 0.327 e. The Labute approximate surface area is 107 Å². The van der Waals surface area contributed by atoms with Crippen LogP contribution in [0, 0.1) is 17.3 Å². The first-order valence-electron chi connectivity index (χ1n) is 6.51. The highest BCUT2D eigenvalue weighted by Crippen LogP contribution is 2.34. The molecule has 0 saturated heterocycles. The van der Waals surface area contributed by atoms with Gasteiger partial charge in [0.25, 0.3) is 0 Å². The van der Waals surface area contributed by atoms with Gasteiger partial charge < -0.3 is 5.73 Å². The summed E-state index contributed by atoms with van der Waals surface area (Å²) in [5.74, 6) is 1.19. The summed E-state index contributed by atoms with van der Waals surface area (Å²) in [5, 5.41) is 0. The smallest absolute Gasteiger partial charge is 0.0109 e. The predicted octanol–water partition coefficient (Wildman–Crippen LogP) is 4.32. The third-order valence-electron chi connectivity index (χ3n) is 2.86. The van der Waals surface area contributed by atoms with Gasteiger partial charge in [-0.05, 0) is 29.2 Å². The molecule has 0 amide bonds. The second-order valence-corrected chi connectivity index (χ2v) is 6.15. The van der Waals surface area contributed by atoms with Gasteiger partial charge in [-0.3, -0.25) is 0 Å². The van der Waals surface area contributed by atoms with Gasteiger partial charge in [-0.1, -0.05) is 65.5 Å². The van der Waals surface area contributed by atoms with Gasteiger partial charge in [0.1, 0.15) is 0 Å². The van der Waals surface area contributed by atoms with E-state index in [0.29, 0.717) is 23.8 Å². The van der Waals surface area contributed by atoms with Crippen LogP contribution in [0.4, 0.5) is 0 Å². The average Bonchev–Trinajstić information content (AvgIpc) is 2.20. The quantitative estimate of drug-likeness (QED) is 0.682. The van der Waals surface area contributed by atoms with Crippen molar-refractivity contribution in [3.8, 4) is 0 Å². The molecule has 0 aliphatic rings. The van der Waals surface area contributed by atoms with Crippen LogP contribution in [0.3, 0.4) is 0 Å². The van der Waals surface area contributed by atoms with E-state index in [1.807, 2.05) is 18.2 Å². The average molecular weight is 235 g/mol. The van der Waals surface area contributed by atoms with Gasteiger partial charge in [-0.2, -0.15) is 0 Å². The normalized spacial score (nSPS) is 15.6. The molecule has 0 aliphatic carbocycles. The summed E-state index contributed by atoms with van der Waals surface area (Å²) in [7, 11) is 0. The molecule has 0 aromatic carbocycles. The van der Waals surface area contributed by atoms with Crippen LogP contribution in [0.2, 0.25) is 0 Å².